The lowest BCUT2D eigenvalue weighted by Gasteiger charge is -2.34. The Balaban J connectivity index is 0.00000210. The van der Waals surface area contributed by atoms with Gasteiger partial charge in [0.15, 0.2) is 11.5 Å². The van der Waals surface area contributed by atoms with Gasteiger partial charge in [0.2, 0.25) is 0 Å². The van der Waals surface area contributed by atoms with Crippen molar-refractivity contribution < 1.29 is 17.7 Å². The minimum absolute atomic E-state index is 0. The van der Waals surface area contributed by atoms with E-state index in [0.717, 1.165) is 17.3 Å². The van der Waals surface area contributed by atoms with Crippen LogP contribution in [-0.2, 0) is 11.7 Å². The van der Waals surface area contributed by atoms with E-state index in [4.69, 9.17) is 21.9 Å². The highest BCUT2D eigenvalue weighted by Crippen LogP contribution is 2.40. The maximum Gasteiger partial charge on any atom is 0.434 e. The molecule has 144 valence electrons. The SMILES string of the molecule is Cl.NC1(c2noc(-c3cnn(-c4ccc(Cl)cc4)c3C(F)(F)F)n2)CCC1. The second-order valence-corrected chi connectivity index (χ2v) is 6.66. The first-order valence-corrected chi connectivity index (χ1v) is 8.20. The molecule has 0 bridgehead atoms. The highest BCUT2D eigenvalue weighted by Gasteiger charge is 2.42. The van der Waals surface area contributed by atoms with E-state index >= 15 is 0 Å². The average molecular weight is 420 g/mol. The normalized spacial score (nSPS) is 15.9. The van der Waals surface area contributed by atoms with Gasteiger partial charge in [-0.25, -0.2) is 4.68 Å². The molecule has 2 aromatic heterocycles. The second-order valence-electron chi connectivity index (χ2n) is 6.23. The van der Waals surface area contributed by atoms with E-state index in [9.17, 15) is 13.2 Å². The minimum atomic E-state index is -4.68. The summed E-state index contributed by atoms with van der Waals surface area (Å²) in [6.07, 6.45) is -1.37. The van der Waals surface area contributed by atoms with Gasteiger partial charge in [-0.2, -0.15) is 23.3 Å². The maximum atomic E-state index is 13.7. The predicted molar refractivity (Wildman–Crippen MR) is 93.8 cm³/mol. The molecule has 27 heavy (non-hydrogen) atoms. The van der Waals surface area contributed by atoms with Gasteiger partial charge in [-0.1, -0.05) is 16.8 Å². The van der Waals surface area contributed by atoms with E-state index in [1.165, 1.54) is 24.3 Å². The van der Waals surface area contributed by atoms with Gasteiger partial charge in [-0.15, -0.1) is 12.4 Å². The number of hydrogen-bond donors (Lipinski definition) is 1. The Kier molecular flexibility index (Phi) is 4.96. The van der Waals surface area contributed by atoms with Crippen molar-refractivity contribution in [1.82, 2.24) is 19.9 Å². The minimum Gasteiger partial charge on any atom is -0.334 e. The lowest BCUT2D eigenvalue weighted by Crippen LogP contribution is -2.44. The number of nitrogens with zero attached hydrogens (tertiary/aromatic N) is 4. The zero-order chi connectivity index (χ0) is 18.5. The first kappa shape index (κ1) is 19.7. The molecule has 1 fully saturated rings. The average Bonchev–Trinajstić information content (AvgIpc) is 3.19. The third kappa shape index (κ3) is 3.42. The molecule has 3 aromatic rings. The molecule has 0 atom stereocenters. The topological polar surface area (TPSA) is 82.8 Å². The Hall–Kier alpha value is -2.10. The van der Waals surface area contributed by atoms with Crippen LogP contribution in [0.5, 0.6) is 0 Å². The van der Waals surface area contributed by atoms with Gasteiger partial charge in [-0.3, -0.25) is 0 Å². The van der Waals surface area contributed by atoms with Crippen molar-refractivity contribution in [2.24, 2.45) is 5.73 Å². The molecule has 6 nitrogen and oxygen atoms in total. The smallest absolute Gasteiger partial charge is 0.334 e. The zero-order valence-electron chi connectivity index (χ0n) is 13.7. The summed E-state index contributed by atoms with van der Waals surface area (Å²) in [5.74, 6) is -0.0459. The van der Waals surface area contributed by atoms with Crippen molar-refractivity contribution in [3.05, 3.63) is 47.0 Å². The maximum absolute atomic E-state index is 13.7. The van der Waals surface area contributed by atoms with Crippen molar-refractivity contribution in [3.8, 4) is 17.1 Å². The largest absolute Gasteiger partial charge is 0.434 e. The lowest BCUT2D eigenvalue weighted by atomic mass is 9.77. The third-order valence-corrected chi connectivity index (χ3v) is 4.71. The molecule has 0 unspecified atom stereocenters. The summed E-state index contributed by atoms with van der Waals surface area (Å²) in [6.45, 7) is 0. The number of halogens is 5. The molecule has 0 radical (unpaired) electrons. The summed E-state index contributed by atoms with van der Waals surface area (Å²) in [7, 11) is 0. The number of nitrogens with two attached hydrogens (primary N) is 1. The van der Waals surface area contributed by atoms with Gasteiger partial charge in [0.1, 0.15) is 0 Å². The summed E-state index contributed by atoms with van der Waals surface area (Å²) in [4.78, 5) is 4.09. The molecule has 1 aliphatic rings. The predicted octanol–water partition coefficient (Wildman–Crippen LogP) is 4.35. The van der Waals surface area contributed by atoms with Crippen LogP contribution in [0.1, 0.15) is 30.8 Å². The number of hydrogen-bond acceptors (Lipinski definition) is 5. The third-order valence-electron chi connectivity index (χ3n) is 4.46. The number of rotatable bonds is 3. The summed E-state index contributed by atoms with van der Waals surface area (Å²) in [5, 5.41) is 8.04. The number of aromatic nitrogens is 4. The Labute approximate surface area is 162 Å². The van der Waals surface area contributed by atoms with Gasteiger partial charge in [0, 0.05) is 5.02 Å². The first-order chi connectivity index (χ1) is 12.3. The van der Waals surface area contributed by atoms with Crippen LogP contribution in [0, 0.1) is 0 Å². The fourth-order valence-electron chi connectivity index (χ4n) is 2.87. The summed E-state index contributed by atoms with van der Waals surface area (Å²) in [6, 6.07) is 5.85. The molecule has 2 heterocycles. The second kappa shape index (κ2) is 6.81. The quantitative estimate of drug-likeness (QED) is 0.681. The first-order valence-electron chi connectivity index (χ1n) is 7.82. The van der Waals surface area contributed by atoms with Crippen molar-refractivity contribution in [2.45, 2.75) is 31.0 Å². The van der Waals surface area contributed by atoms with E-state index in [-0.39, 0.29) is 35.4 Å². The van der Waals surface area contributed by atoms with Gasteiger partial charge < -0.3 is 10.3 Å². The van der Waals surface area contributed by atoms with Gasteiger partial charge >= 0.3 is 6.18 Å². The molecule has 11 heteroatoms. The van der Waals surface area contributed by atoms with Crippen LogP contribution >= 0.6 is 24.0 Å². The Morgan fingerprint density at radius 2 is 1.85 bits per heavy atom. The van der Waals surface area contributed by atoms with Crippen LogP contribution in [0.25, 0.3) is 17.1 Å². The van der Waals surface area contributed by atoms with Crippen LogP contribution < -0.4 is 5.73 Å². The molecular formula is C16H14Cl2F3N5O. The van der Waals surface area contributed by atoms with Crippen LogP contribution in [0.15, 0.2) is 35.0 Å². The Morgan fingerprint density at radius 3 is 2.41 bits per heavy atom. The van der Waals surface area contributed by atoms with Crippen LogP contribution in [0.3, 0.4) is 0 Å². The molecule has 0 spiro atoms. The molecule has 0 amide bonds. The summed E-state index contributed by atoms with van der Waals surface area (Å²) < 4.78 is 47.0. The highest BCUT2D eigenvalue weighted by atomic mass is 35.5. The summed E-state index contributed by atoms with van der Waals surface area (Å²) in [5.41, 5.74) is 4.29. The summed E-state index contributed by atoms with van der Waals surface area (Å²) >= 11 is 5.80. The Morgan fingerprint density at radius 1 is 1.19 bits per heavy atom. The standard InChI is InChI=1S/C16H13ClF3N5O.ClH/c17-9-2-4-10(5-3-9)25-12(16(18,19)20)11(8-22-25)13-23-14(24-26-13)15(21)6-1-7-15;/h2-5,8H,1,6-7,21H2;1H. The lowest BCUT2D eigenvalue weighted by molar-refractivity contribution is -0.142. The fourth-order valence-corrected chi connectivity index (χ4v) is 3.00. The van der Waals surface area contributed by atoms with Crippen molar-refractivity contribution in [2.75, 3.05) is 0 Å². The molecule has 0 saturated heterocycles. The molecule has 1 saturated carbocycles. The Bertz CT molecular complexity index is 948. The van der Waals surface area contributed by atoms with Crippen molar-refractivity contribution in [3.63, 3.8) is 0 Å². The van der Waals surface area contributed by atoms with E-state index in [1.807, 2.05) is 0 Å². The van der Waals surface area contributed by atoms with E-state index < -0.39 is 17.4 Å². The van der Waals surface area contributed by atoms with Crippen LogP contribution in [-0.4, -0.2) is 19.9 Å². The van der Waals surface area contributed by atoms with Crippen molar-refractivity contribution >= 4 is 24.0 Å². The monoisotopic (exact) mass is 419 g/mol. The van der Waals surface area contributed by atoms with Crippen LogP contribution in [0.2, 0.25) is 5.02 Å². The molecule has 1 aromatic carbocycles. The van der Waals surface area contributed by atoms with Crippen molar-refractivity contribution in [1.29, 1.82) is 0 Å². The molecule has 2 N–H and O–H groups in total. The number of benzene rings is 1. The van der Waals surface area contributed by atoms with E-state index in [2.05, 4.69) is 15.2 Å². The molecule has 4 rings (SSSR count). The van der Waals surface area contributed by atoms with E-state index in [1.54, 1.807) is 0 Å². The fraction of sp³-hybridized carbons (Fsp3) is 0.312. The van der Waals surface area contributed by atoms with Gasteiger partial charge in [0.05, 0.1) is 23.0 Å². The van der Waals surface area contributed by atoms with E-state index in [0.29, 0.717) is 17.9 Å². The van der Waals surface area contributed by atoms with Crippen LogP contribution in [0.4, 0.5) is 13.2 Å². The van der Waals surface area contributed by atoms with Gasteiger partial charge in [-0.05, 0) is 43.5 Å². The highest BCUT2D eigenvalue weighted by molar-refractivity contribution is 6.30. The molecular weight excluding hydrogens is 406 g/mol. The molecule has 1 aliphatic carbocycles. The number of alkyl halides is 3. The zero-order valence-corrected chi connectivity index (χ0v) is 15.3. The molecule has 0 aliphatic heterocycles. The van der Waals surface area contributed by atoms with Gasteiger partial charge in [0.25, 0.3) is 5.89 Å².